The van der Waals surface area contributed by atoms with Gasteiger partial charge in [-0.05, 0) is 29.9 Å². The maximum atomic E-state index is 9.22. The van der Waals surface area contributed by atoms with Crippen molar-refractivity contribution in [3.05, 3.63) is 53.5 Å². The number of benzene rings is 1. The smallest absolute Gasteiger partial charge is 0.0997 e. The molecule has 1 fully saturated rings. The molecule has 1 saturated carbocycles. The van der Waals surface area contributed by atoms with Gasteiger partial charge in [0.05, 0.1) is 11.6 Å². The molecule has 0 unspecified atom stereocenters. The molecule has 0 atom stereocenters. The van der Waals surface area contributed by atoms with Gasteiger partial charge in [0.1, 0.15) is 0 Å². The molecule has 0 N–H and O–H groups in total. The third-order valence-electron chi connectivity index (χ3n) is 2.96. The summed E-state index contributed by atoms with van der Waals surface area (Å²) in [5.41, 5.74) is 3.10. The highest BCUT2D eigenvalue weighted by Gasteiger charge is 2.27. The summed E-state index contributed by atoms with van der Waals surface area (Å²) in [5.74, 6) is 1.70. The average molecular weight is 196 g/mol. The Kier molecular flexibility index (Phi) is 2.60. The number of hydrogen-bond donors (Lipinski definition) is 0. The standard InChI is InChI=1S/C14H14N/c1-3-10(2)12-5-4-6-13(11-7-8-11)14(12)9-15/h3-6,11H,1,7-8H2,2H3. The highest BCUT2D eigenvalue weighted by Crippen LogP contribution is 2.42. The van der Waals surface area contributed by atoms with Crippen LogP contribution < -0.4 is 0 Å². The lowest BCUT2D eigenvalue weighted by Gasteiger charge is -2.11. The van der Waals surface area contributed by atoms with E-state index < -0.39 is 0 Å². The maximum absolute atomic E-state index is 9.22. The molecule has 1 aromatic rings. The van der Waals surface area contributed by atoms with Crippen LogP contribution in [0.5, 0.6) is 0 Å². The van der Waals surface area contributed by atoms with Crippen LogP contribution >= 0.6 is 0 Å². The Morgan fingerprint density at radius 3 is 2.80 bits per heavy atom. The van der Waals surface area contributed by atoms with Crippen molar-refractivity contribution in [3.8, 4) is 6.07 Å². The third kappa shape index (κ3) is 1.80. The lowest BCUT2D eigenvalue weighted by Crippen LogP contribution is -1.98. The van der Waals surface area contributed by atoms with E-state index in [4.69, 9.17) is 0 Å². The van der Waals surface area contributed by atoms with Crippen molar-refractivity contribution in [3.63, 3.8) is 0 Å². The number of hydrogen-bond acceptors (Lipinski definition) is 1. The fourth-order valence-corrected chi connectivity index (χ4v) is 1.87. The van der Waals surface area contributed by atoms with Crippen molar-refractivity contribution in [1.82, 2.24) is 0 Å². The van der Waals surface area contributed by atoms with Crippen LogP contribution in [0.1, 0.15) is 42.4 Å². The van der Waals surface area contributed by atoms with E-state index in [0.717, 1.165) is 17.0 Å². The lowest BCUT2D eigenvalue weighted by molar-refractivity contribution is 1.09. The normalized spacial score (nSPS) is 15.0. The van der Waals surface area contributed by atoms with E-state index in [1.807, 2.05) is 25.1 Å². The largest absolute Gasteiger partial charge is 0.192 e. The first kappa shape index (κ1) is 9.98. The van der Waals surface area contributed by atoms with Gasteiger partial charge in [0.15, 0.2) is 0 Å². The van der Waals surface area contributed by atoms with E-state index in [9.17, 15) is 5.26 Å². The van der Waals surface area contributed by atoms with Crippen molar-refractivity contribution >= 4 is 0 Å². The fraction of sp³-hybridized carbons (Fsp3) is 0.286. The highest BCUT2D eigenvalue weighted by atomic mass is 14.3. The number of nitrogens with zero attached hydrogens (tertiary/aromatic N) is 1. The molecule has 75 valence electrons. The van der Waals surface area contributed by atoms with E-state index in [0.29, 0.717) is 5.92 Å². The molecule has 1 aliphatic carbocycles. The summed E-state index contributed by atoms with van der Waals surface area (Å²) < 4.78 is 0. The van der Waals surface area contributed by atoms with Gasteiger partial charge in [0.25, 0.3) is 0 Å². The zero-order valence-electron chi connectivity index (χ0n) is 8.96. The molecule has 2 rings (SSSR count). The molecule has 0 spiro atoms. The Hall–Kier alpha value is -1.55. The molecule has 1 aliphatic rings. The van der Waals surface area contributed by atoms with E-state index in [-0.39, 0.29) is 0 Å². The topological polar surface area (TPSA) is 23.8 Å². The molecule has 1 radical (unpaired) electrons. The van der Waals surface area contributed by atoms with Crippen LogP contribution in [0.2, 0.25) is 0 Å². The molecule has 0 aliphatic heterocycles. The first-order valence-electron chi connectivity index (χ1n) is 5.27. The van der Waals surface area contributed by atoms with E-state index >= 15 is 0 Å². The Morgan fingerprint density at radius 2 is 2.27 bits per heavy atom. The zero-order valence-corrected chi connectivity index (χ0v) is 8.96. The molecule has 0 amide bonds. The van der Waals surface area contributed by atoms with Crippen LogP contribution in [0.3, 0.4) is 0 Å². The van der Waals surface area contributed by atoms with Crippen molar-refractivity contribution in [2.45, 2.75) is 25.7 Å². The summed E-state index contributed by atoms with van der Waals surface area (Å²) in [6, 6.07) is 8.45. The van der Waals surface area contributed by atoms with Gasteiger partial charge in [-0.3, -0.25) is 0 Å². The Bertz CT molecular complexity index is 421. The van der Waals surface area contributed by atoms with Crippen molar-refractivity contribution in [1.29, 1.82) is 5.26 Å². The molecule has 0 heterocycles. The molecular weight excluding hydrogens is 182 g/mol. The van der Waals surface area contributed by atoms with Gasteiger partial charge in [-0.1, -0.05) is 31.2 Å². The molecule has 0 bridgehead atoms. The van der Waals surface area contributed by atoms with Gasteiger partial charge in [-0.2, -0.15) is 5.26 Å². The third-order valence-corrected chi connectivity index (χ3v) is 2.96. The number of nitriles is 1. The first-order chi connectivity index (χ1) is 7.27. The molecule has 1 aromatic carbocycles. The quantitative estimate of drug-likeness (QED) is 0.725. The molecular formula is C14H14N. The SMILES string of the molecule is C=C[C](C)c1cccc(C2CC2)c1C#N. The van der Waals surface area contributed by atoms with Crippen LogP contribution in [0, 0.1) is 17.2 Å². The van der Waals surface area contributed by atoms with Gasteiger partial charge >= 0.3 is 0 Å². The zero-order chi connectivity index (χ0) is 10.8. The molecule has 1 nitrogen and oxygen atoms in total. The van der Waals surface area contributed by atoms with Gasteiger partial charge in [0, 0.05) is 5.92 Å². The van der Waals surface area contributed by atoms with Crippen molar-refractivity contribution in [2.24, 2.45) is 0 Å². The van der Waals surface area contributed by atoms with Gasteiger partial charge in [-0.15, -0.1) is 6.58 Å². The van der Waals surface area contributed by atoms with Crippen molar-refractivity contribution < 1.29 is 0 Å². The van der Waals surface area contributed by atoms with Crippen LogP contribution in [0.15, 0.2) is 30.9 Å². The summed E-state index contributed by atoms with van der Waals surface area (Å²) in [5, 5.41) is 9.22. The van der Waals surface area contributed by atoms with Crippen LogP contribution in [-0.2, 0) is 0 Å². The van der Waals surface area contributed by atoms with Crippen LogP contribution in [-0.4, -0.2) is 0 Å². The minimum absolute atomic E-state index is 0.622. The second-order valence-corrected chi connectivity index (χ2v) is 4.04. The van der Waals surface area contributed by atoms with Gasteiger partial charge < -0.3 is 0 Å². The monoisotopic (exact) mass is 196 g/mol. The van der Waals surface area contributed by atoms with E-state index in [2.05, 4.69) is 18.7 Å². The Morgan fingerprint density at radius 1 is 1.53 bits per heavy atom. The first-order valence-corrected chi connectivity index (χ1v) is 5.27. The van der Waals surface area contributed by atoms with Crippen molar-refractivity contribution in [2.75, 3.05) is 0 Å². The summed E-state index contributed by atoms with van der Waals surface area (Å²) in [6.45, 7) is 5.76. The second kappa shape index (κ2) is 3.90. The summed E-state index contributed by atoms with van der Waals surface area (Å²) >= 11 is 0. The second-order valence-electron chi connectivity index (χ2n) is 4.04. The fourth-order valence-electron chi connectivity index (χ4n) is 1.87. The summed E-state index contributed by atoms with van der Waals surface area (Å²) in [6.07, 6.45) is 4.27. The van der Waals surface area contributed by atoms with Crippen LogP contribution in [0.4, 0.5) is 0 Å². The summed E-state index contributed by atoms with van der Waals surface area (Å²) in [4.78, 5) is 0. The maximum Gasteiger partial charge on any atom is 0.0997 e. The van der Waals surface area contributed by atoms with Gasteiger partial charge in [0.2, 0.25) is 0 Å². The number of allylic oxidation sites excluding steroid dienone is 1. The molecule has 15 heavy (non-hydrogen) atoms. The van der Waals surface area contributed by atoms with Gasteiger partial charge in [-0.25, -0.2) is 0 Å². The molecule has 0 aromatic heterocycles. The van der Waals surface area contributed by atoms with E-state index in [1.165, 1.54) is 18.4 Å². The minimum atomic E-state index is 0.622. The molecule has 0 saturated heterocycles. The summed E-state index contributed by atoms with van der Waals surface area (Å²) in [7, 11) is 0. The Balaban J connectivity index is 2.50. The predicted octanol–water partition coefficient (Wildman–Crippen LogP) is 3.56. The van der Waals surface area contributed by atoms with Crippen LogP contribution in [0.25, 0.3) is 0 Å². The highest BCUT2D eigenvalue weighted by molar-refractivity contribution is 5.54. The average Bonchev–Trinajstić information content (AvgIpc) is 3.10. The lowest BCUT2D eigenvalue weighted by atomic mass is 9.91. The van der Waals surface area contributed by atoms with E-state index in [1.54, 1.807) is 0 Å². The Labute approximate surface area is 91.0 Å². The number of rotatable bonds is 3. The minimum Gasteiger partial charge on any atom is -0.192 e. The predicted molar refractivity (Wildman–Crippen MR) is 61.3 cm³/mol. The molecule has 1 heteroatoms.